The second-order valence-corrected chi connectivity index (χ2v) is 9.55. The minimum Gasteiger partial charge on any atom is -0.449 e. The second-order valence-electron chi connectivity index (χ2n) is 9.55. The van der Waals surface area contributed by atoms with Gasteiger partial charge in [0, 0.05) is 29.1 Å². The van der Waals surface area contributed by atoms with E-state index in [1.54, 1.807) is 10.7 Å². The number of hydrogen-bond acceptors (Lipinski definition) is 7. The van der Waals surface area contributed by atoms with Crippen molar-refractivity contribution in [3.05, 3.63) is 78.4 Å². The highest BCUT2D eigenvalue weighted by Crippen LogP contribution is 2.30. The number of aryl methyl sites for hydroxylation is 1. The van der Waals surface area contributed by atoms with Crippen molar-refractivity contribution in [2.75, 3.05) is 30.3 Å². The highest BCUT2D eigenvalue weighted by atomic mass is 16.5. The van der Waals surface area contributed by atoms with E-state index in [0.717, 1.165) is 47.2 Å². The first-order chi connectivity index (χ1) is 18.7. The molecule has 4 heterocycles. The normalized spacial score (nSPS) is 15.2. The predicted octanol–water partition coefficient (Wildman–Crippen LogP) is 4.59. The van der Waals surface area contributed by atoms with Crippen LogP contribution in [0.5, 0.6) is 0 Å². The summed E-state index contributed by atoms with van der Waals surface area (Å²) in [6.45, 7) is 5.01. The number of benzene rings is 2. The molecule has 1 fully saturated rings. The largest absolute Gasteiger partial charge is 0.449 e. The van der Waals surface area contributed by atoms with Gasteiger partial charge in [0.1, 0.15) is 11.8 Å². The van der Waals surface area contributed by atoms with Gasteiger partial charge in [-0.25, -0.2) is 14.3 Å². The zero-order chi connectivity index (χ0) is 25.9. The number of ether oxygens (including phenoxy) is 1. The highest BCUT2D eigenvalue weighted by molar-refractivity contribution is 5.91. The fourth-order valence-corrected chi connectivity index (χ4v) is 5.01. The first kappa shape index (κ1) is 23.9. The van der Waals surface area contributed by atoms with Crippen LogP contribution in [0.2, 0.25) is 0 Å². The Bertz CT molecular complexity index is 1570. The zero-order valence-corrected chi connectivity index (χ0v) is 21.2. The van der Waals surface area contributed by atoms with E-state index in [0.29, 0.717) is 37.0 Å². The molecule has 0 radical (unpaired) electrons. The van der Waals surface area contributed by atoms with Crippen LogP contribution in [0.15, 0.2) is 67.3 Å². The third kappa shape index (κ3) is 4.90. The second kappa shape index (κ2) is 10.5. The molecule has 1 saturated heterocycles. The number of rotatable bonds is 8. The van der Waals surface area contributed by atoms with Crippen LogP contribution >= 0.6 is 0 Å². The molecule has 0 spiro atoms. The number of carbonyl (C=O) groups excluding carboxylic acids is 1. The summed E-state index contributed by atoms with van der Waals surface area (Å²) in [5, 5.41) is 19.6. The molecule has 0 bridgehead atoms. The Balaban J connectivity index is 1.22. The van der Waals surface area contributed by atoms with Crippen molar-refractivity contribution in [2.24, 2.45) is 5.92 Å². The fraction of sp³-hybridized carbons (Fsp3) is 0.286. The van der Waals surface area contributed by atoms with E-state index in [1.165, 1.54) is 11.9 Å². The van der Waals surface area contributed by atoms with E-state index in [9.17, 15) is 4.79 Å². The minimum atomic E-state index is -0.456. The molecule has 0 unspecified atom stereocenters. The van der Waals surface area contributed by atoms with Crippen molar-refractivity contribution in [1.82, 2.24) is 29.7 Å². The summed E-state index contributed by atoms with van der Waals surface area (Å²) in [6.07, 6.45) is 6.43. The SMILES string of the molecule is CCc1c(NC(=O)OC[C@@H]2CCNC2)cn2ncnc(Nc3ccc4c(cnn4Cc4ccccc4)c3)c12. The molecule has 38 heavy (non-hydrogen) atoms. The first-order valence-electron chi connectivity index (χ1n) is 12.9. The third-order valence-electron chi connectivity index (χ3n) is 6.96. The van der Waals surface area contributed by atoms with Crippen molar-refractivity contribution in [2.45, 2.75) is 26.3 Å². The Morgan fingerprint density at radius 1 is 1.18 bits per heavy atom. The van der Waals surface area contributed by atoms with E-state index in [2.05, 4.69) is 55.4 Å². The molecule has 3 aromatic heterocycles. The number of hydrogen-bond donors (Lipinski definition) is 3. The van der Waals surface area contributed by atoms with Gasteiger partial charge in [0.25, 0.3) is 0 Å². The molecular formula is C28H30N8O2. The maximum atomic E-state index is 12.5. The Morgan fingerprint density at radius 2 is 2.08 bits per heavy atom. The third-order valence-corrected chi connectivity index (χ3v) is 6.96. The van der Waals surface area contributed by atoms with E-state index in [-0.39, 0.29) is 0 Å². The summed E-state index contributed by atoms with van der Waals surface area (Å²) in [7, 11) is 0. The lowest BCUT2D eigenvalue weighted by atomic mass is 10.1. The monoisotopic (exact) mass is 510 g/mol. The summed E-state index contributed by atoms with van der Waals surface area (Å²) in [6, 6.07) is 16.4. The van der Waals surface area contributed by atoms with Gasteiger partial charge in [0.2, 0.25) is 0 Å². The maximum Gasteiger partial charge on any atom is 0.411 e. The number of nitrogens with zero attached hydrogens (tertiary/aromatic N) is 5. The molecule has 0 saturated carbocycles. The van der Waals surface area contributed by atoms with Crippen molar-refractivity contribution >= 4 is 39.7 Å². The Kier molecular flexibility index (Phi) is 6.62. The smallest absolute Gasteiger partial charge is 0.411 e. The van der Waals surface area contributed by atoms with Crippen LogP contribution in [-0.2, 0) is 17.7 Å². The van der Waals surface area contributed by atoms with E-state index >= 15 is 0 Å². The molecule has 3 N–H and O–H groups in total. The number of fused-ring (bicyclic) bond motifs is 2. The highest BCUT2D eigenvalue weighted by Gasteiger charge is 2.20. The molecule has 194 valence electrons. The lowest BCUT2D eigenvalue weighted by Crippen LogP contribution is -2.20. The molecular weight excluding hydrogens is 480 g/mol. The molecule has 10 heteroatoms. The van der Waals surface area contributed by atoms with Gasteiger partial charge in [-0.2, -0.15) is 10.2 Å². The Morgan fingerprint density at radius 3 is 2.89 bits per heavy atom. The van der Waals surface area contributed by atoms with Crippen molar-refractivity contribution in [1.29, 1.82) is 0 Å². The van der Waals surface area contributed by atoms with Crippen molar-refractivity contribution < 1.29 is 9.53 Å². The number of carbonyl (C=O) groups is 1. The van der Waals surface area contributed by atoms with Crippen LogP contribution in [-0.4, -0.2) is 50.2 Å². The molecule has 5 aromatic rings. The number of aromatic nitrogens is 5. The van der Waals surface area contributed by atoms with Gasteiger partial charge < -0.3 is 15.4 Å². The average molecular weight is 511 g/mol. The van der Waals surface area contributed by atoms with Crippen LogP contribution < -0.4 is 16.0 Å². The summed E-state index contributed by atoms with van der Waals surface area (Å²) in [4.78, 5) is 17.0. The zero-order valence-electron chi connectivity index (χ0n) is 21.2. The van der Waals surface area contributed by atoms with Crippen LogP contribution in [0.4, 0.5) is 22.0 Å². The standard InChI is InChI=1S/C28H30N8O2/c1-2-23-24(34-28(37)38-17-20-10-11-29-13-20)16-36-26(23)27(30-18-32-36)33-22-8-9-25-21(12-22)14-31-35(25)15-19-6-4-3-5-7-19/h3-9,12,14,16,18,20,29H,2,10-11,13,15,17H2,1H3,(H,34,37)(H,30,32,33)/t20-/m1/s1. The summed E-state index contributed by atoms with van der Waals surface area (Å²) < 4.78 is 9.21. The molecule has 1 aliphatic heterocycles. The summed E-state index contributed by atoms with van der Waals surface area (Å²) in [5.74, 6) is 1.02. The molecule has 0 aliphatic carbocycles. The molecule has 1 atom stereocenters. The minimum absolute atomic E-state index is 0.365. The van der Waals surface area contributed by atoms with E-state index in [4.69, 9.17) is 4.74 Å². The van der Waals surface area contributed by atoms with Gasteiger partial charge in [0.05, 0.1) is 36.7 Å². The van der Waals surface area contributed by atoms with Gasteiger partial charge in [-0.1, -0.05) is 37.3 Å². The molecule has 10 nitrogen and oxygen atoms in total. The molecule has 1 aliphatic rings. The fourth-order valence-electron chi connectivity index (χ4n) is 5.01. The van der Waals surface area contributed by atoms with Gasteiger partial charge >= 0.3 is 6.09 Å². The van der Waals surface area contributed by atoms with Crippen LogP contribution in [0.25, 0.3) is 16.4 Å². The van der Waals surface area contributed by atoms with Crippen molar-refractivity contribution in [3.8, 4) is 0 Å². The van der Waals surface area contributed by atoms with Gasteiger partial charge in [0.15, 0.2) is 5.82 Å². The van der Waals surface area contributed by atoms with Gasteiger partial charge in [-0.3, -0.25) is 10.00 Å². The number of anilines is 3. The Labute approximate surface area is 220 Å². The Hall–Kier alpha value is -4.44. The maximum absolute atomic E-state index is 12.5. The quantitative estimate of drug-likeness (QED) is 0.280. The predicted molar refractivity (Wildman–Crippen MR) is 147 cm³/mol. The van der Waals surface area contributed by atoms with E-state index < -0.39 is 6.09 Å². The lowest BCUT2D eigenvalue weighted by Gasteiger charge is -2.11. The van der Waals surface area contributed by atoms with Gasteiger partial charge in [-0.05, 0) is 43.1 Å². The lowest BCUT2D eigenvalue weighted by molar-refractivity contribution is 0.144. The van der Waals surface area contributed by atoms with Crippen LogP contribution in [0.3, 0.4) is 0 Å². The topological polar surface area (TPSA) is 110 Å². The summed E-state index contributed by atoms with van der Waals surface area (Å²) >= 11 is 0. The number of nitrogens with one attached hydrogen (secondary N) is 3. The summed E-state index contributed by atoms with van der Waals surface area (Å²) in [5.41, 5.74) is 5.56. The van der Waals surface area contributed by atoms with Crippen molar-refractivity contribution in [3.63, 3.8) is 0 Å². The van der Waals surface area contributed by atoms with Gasteiger partial charge in [-0.15, -0.1) is 0 Å². The van der Waals surface area contributed by atoms with E-state index in [1.807, 2.05) is 42.1 Å². The van der Waals surface area contributed by atoms with Crippen LogP contribution in [0.1, 0.15) is 24.5 Å². The average Bonchev–Trinajstić information content (AvgIpc) is 3.67. The molecule has 1 amide bonds. The van der Waals surface area contributed by atoms with Crippen LogP contribution in [0, 0.1) is 5.92 Å². The molecule has 6 rings (SSSR count). The first-order valence-corrected chi connectivity index (χ1v) is 12.9. The molecule has 2 aromatic carbocycles. The number of amides is 1.